The third kappa shape index (κ3) is 5.64. The van der Waals surface area contributed by atoms with Gasteiger partial charge < -0.3 is 4.74 Å². The van der Waals surface area contributed by atoms with Crippen LogP contribution < -0.4 is 4.74 Å². The minimum absolute atomic E-state index is 0.281. The Bertz CT molecular complexity index is 496. The largest absolute Gasteiger partial charge is 0.492 e. The lowest BCUT2D eigenvalue weighted by Crippen LogP contribution is -2.51. The van der Waals surface area contributed by atoms with Crippen LogP contribution in [0, 0.1) is 6.92 Å². The van der Waals surface area contributed by atoms with Crippen molar-refractivity contribution in [2.45, 2.75) is 52.1 Å². The van der Waals surface area contributed by atoms with Gasteiger partial charge in [-0.3, -0.25) is 9.80 Å². The van der Waals surface area contributed by atoms with Gasteiger partial charge in [-0.05, 0) is 52.7 Å². The van der Waals surface area contributed by atoms with E-state index < -0.39 is 0 Å². The Labute approximate surface area is 148 Å². The van der Waals surface area contributed by atoms with Crippen LogP contribution in [0.2, 0.25) is 0 Å². The Kier molecular flexibility index (Phi) is 6.88. The number of benzene rings is 1. The van der Waals surface area contributed by atoms with E-state index >= 15 is 0 Å². The number of hydrogen-bond acceptors (Lipinski definition) is 3. The van der Waals surface area contributed by atoms with E-state index in [1.807, 2.05) is 6.08 Å². The lowest BCUT2D eigenvalue weighted by atomic mass is 9.97. The average molecular weight is 331 g/mol. The second-order valence-electron chi connectivity index (χ2n) is 7.83. The zero-order valence-corrected chi connectivity index (χ0v) is 15.9. The summed E-state index contributed by atoms with van der Waals surface area (Å²) in [5.74, 6) is 0.960. The molecule has 0 saturated carbocycles. The first-order valence-corrected chi connectivity index (χ1v) is 9.19. The van der Waals surface area contributed by atoms with Crippen LogP contribution in [0.1, 0.15) is 39.2 Å². The predicted molar refractivity (Wildman–Crippen MR) is 103 cm³/mol. The van der Waals surface area contributed by atoms with E-state index in [1.54, 1.807) is 0 Å². The molecule has 1 heterocycles. The monoisotopic (exact) mass is 330 g/mol. The van der Waals surface area contributed by atoms with Crippen molar-refractivity contribution in [3.05, 3.63) is 42.5 Å². The van der Waals surface area contributed by atoms with E-state index in [4.69, 9.17) is 4.74 Å². The summed E-state index contributed by atoms with van der Waals surface area (Å²) in [7, 11) is 0. The fourth-order valence-corrected chi connectivity index (χ4v) is 3.41. The molecule has 3 heteroatoms. The van der Waals surface area contributed by atoms with E-state index in [1.165, 1.54) is 31.5 Å². The fourth-order valence-electron chi connectivity index (χ4n) is 3.41. The maximum absolute atomic E-state index is 5.92. The van der Waals surface area contributed by atoms with Gasteiger partial charge in [-0.1, -0.05) is 23.8 Å². The van der Waals surface area contributed by atoms with Crippen molar-refractivity contribution in [3.63, 3.8) is 0 Å². The number of nitrogens with zero attached hydrogens (tertiary/aromatic N) is 2. The number of likely N-dealkylation sites (tertiary alicyclic amines) is 1. The van der Waals surface area contributed by atoms with Gasteiger partial charge in [0.1, 0.15) is 12.4 Å². The first-order chi connectivity index (χ1) is 11.4. The first kappa shape index (κ1) is 19.0. The summed E-state index contributed by atoms with van der Waals surface area (Å²) in [6, 6.07) is 8.94. The van der Waals surface area contributed by atoms with Gasteiger partial charge in [0, 0.05) is 37.8 Å². The molecule has 0 amide bonds. The van der Waals surface area contributed by atoms with Crippen LogP contribution in [0.25, 0.3) is 0 Å². The Balaban J connectivity index is 1.81. The molecule has 1 saturated heterocycles. The molecule has 1 aliphatic rings. The Morgan fingerprint density at radius 1 is 1.21 bits per heavy atom. The number of ether oxygens (including phenoxy) is 1. The Morgan fingerprint density at radius 2 is 1.83 bits per heavy atom. The molecule has 2 rings (SSSR count). The van der Waals surface area contributed by atoms with Crippen molar-refractivity contribution >= 4 is 0 Å². The van der Waals surface area contributed by atoms with Gasteiger partial charge in [-0.25, -0.2) is 0 Å². The molecule has 0 atom stereocenters. The highest BCUT2D eigenvalue weighted by Gasteiger charge is 2.29. The SMILES string of the molecule is C=CCN(CCOc1ccc(C)cc1)C1CCN(C(C)(C)C)CC1. The number of rotatable bonds is 7. The summed E-state index contributed by atoms with van der Waals surface area (Å²) in [5.41, 5.74) is 1.55. The van der Waals surface area contributed by atoms with Crippen molar-refractivity contribution in [3.8, 4) is 5.75 Å². The summed E-state index contributed by atoms with van der Waals surface area (Å²) in [5, 5.41) is 0. The Morgan fingerprint density at radius 3 is 2.38 bits per heavy atom. The van der Waals surface area contributed by atoms with Gasteiger partial charge in [0.25, 0.3) is 0 Å². The molecule has 0 aromatic heterocycles. The molecule has 0 spiro atoms. The second-order valence-corrected chi connectivity index (χ2v) is 7.83. The van der Waals surface area contributed by atoms with Crippen LogP contribution in [0.4, 0.5) is 0 Å². The van der Waals surface area contributed by atoms with Gasteiger partial charge in [0.15, 0.2) is 0 Å². The highest BCUT2D eigenvalue weighted by Crippen LogP contribution is 2.23. The van der Waals surface area contributed by atoms with Gasteiger partial charge >= 0.3 is 0 Å². The van der Waals surface area contributed by atoms with Crippen LogP contribution in [0.3, 0.4) is 0 Å². The number of piperidine rings is 1. The molecule has 0 N–H and O–H groups in total. The van der Waals surface area contributed by atoms with Crippen LogP contribution in [0.5, 0.6) is 5.75 Å². The standard InChI is InChI=1S/C21H34N2O/c1-6-13-22(16-17-24-20-9-7-18(2)8-10-20)19-11-14-23(15-12-19)21(3,4)5/h6-10,19H,1,11-17H2,2-5H3. The molecule has 1 fully saturated rings. The molecule has 134 valence electrons. The highest BCUT2D eigenvalue weighted by molar-refractivity contribution is 5.26. The molecule has 0 radical (unpaired) electrons. The molecule has 3 nitrogen and oxygen atoms in total. The van der Waals surface area contributed by atoms with E-state index in [2.05, 4.69) is 68.3 Å². The molecule has 1 aliphatic heterocycles. The van der Waals surface area contributed by atoms with Gasteiger partial charge in [-0.2, -0.15) is 0 Å². The van der Waals surface area contributed by atoms with Gasteiger partial charge in [0.2, 0.25) is 0 Å². The van der Waals surface area contributed by atoms with E-state index in [9.17, 15) is 0 Å². The third-order valence-corrected chi connectivity index (χ3v) is 4.96. The van der Waals surface area contributed by atoms with Crippen LogP contribution in [-0.2, 0) is 0 Å². The van der Waals surface area contributed by atoms with Crippen molar-refractivity contribution in [2.75, 3.05) is 32.8 Å². The summed E-state index contributed by atoms with van der Waals surface area (Å²) in [6.07, 6.45) is 4.48. The van der Waals surface area contributed by atoms with Crippen molar-refractivity contribution in [1.82, 2.24) is 9.80 Å². The Hall–Kier alpha value is -1.32. The second kappa shape index (κ2) is 8.68. The third-order valence-electron chi connectivity index (χ3n) is 4.96. The van der Waals surface area contributed by atoms with E-state index in [-0.39, 0.29) is 5.54 Å². The summed E-state index contributed by atoms with van der Waals surface area (Å²) in [6.45, 7) is 18.0. The van der Waals surface area contributed by atoms with E-state index in [0.29, 0.717) is 6.04 Å². The van der Waals surface area contributed by atoms with Crippen LogP contribution >= 0.6 is 0 Å². The van der Waals surface area contributed by atoms with Gasteiger partial charge in [0.05, 0.1) is 0 Å². The molecule has 1 aromatic carbocycles. The lowest BCUT2D eigenvalue weighted by molar-refractivity contribution is 0.0556. The smallest absolute Gasteiger partial charge is 0.119 e. The van der Waals surface area contributed by atoms with Crippen molar-refractivity contribution < 1.29 is 4.74 Å². The maximum Gasteiger partial charge on any atom is 0.119 e. The minimum Gasteiger partial charge on any atom is -0.492 e. The molecule has 24 heavy (non-hydrogen) atoms. The highest BCUT2D eigenvalue weighted by atomic mass is 16.5. The molecule has 0 unspecified atom stereocenters. The van der Waals surface area contributed by atoms with Crippen LogP contribution in [-0.4, -0.2) is 54.2 Å². The molecule has 0 bridgehead atoms. The first-order valence-electron chi connectivity index (χ1n) is 9.19. The van der Waals surface area contributed by atoms with Crippen molar-refractivity contribution in [1.29, 1.82) is 0 Å². The summed E-state index contributed by atoms with van der Waals surface area (Å²) < 4.78 is 5.92. The molecular weight excluding hydrogens is 296 g/mol. The van der Waals surface area contributed by atoms with Crippen molar-refractivity contribution in [2.24, 2.45) is 0 Å². The maximum atomic E-state index is 5.92. The van der Waals surface area contributed by atoms with Crippen LogP contribution in [0.15, 0.2) is 36.9 Å². The predicted octanol–water partition coefficient (Wildman–Crippen LogP) is 4.12. The fraction of sp³-hybridized carbons (Fsp3) is 0.619. The zero-order valence-electron chi connectivity index (χ0n) is 15.9. The molecular formula is C21H34N2O. The lowest BCUT2D eigenvalue weighted by Gasteiger charge is -2.43. The average Bonchev–Trinajstić information content (AvgIpc) is 2.55. The quantitative estimate of drug-likeness (QED) is 0.699. The zero-order chi connectivity index (χ0) is 17.6. The molecule has 1 aromatic rings. The molecule has 0 aliphatic carbocycles. The number of aryl methyl sites for hydroxylation is 1. The topological polar surface area (TPSA) is 15.7 Å². The minimum atomic E-state index is 0.281. The summed E-state index contributed by atoms with van der Waals surface area (Å²) >= 11 is 0. The van der Waals surface area contributed by atoms with Gasteiger partial charge in [-0.15, -0.1) is 6.58 Å². The normalized spacial score (nSPS) is 17.2. The number of hydrogen-bond donors (Lipinski definition) is 0. The summed E-state index contributed by atoms with van der Waals surface area (Å²) in [4.78, 5) is 5.12. The van der Waals surface area contributed by atoms with E-state index in [0.717, 1.165) is 25.4 Å².